The molecule has 2 aromatic rings. The number of carbonyl (C=O) groups excluding carboxylic acids is 2. The number of amides is 2. The molecule has 1 aliphatic carbocycles. The van der Waals surface area contributed by atoms with Crippen LogP contribution in [-0.4, -0.2) is 57.1 Å². The van der Waals surface area contributed by atoms with Gasteiger partial charge < -0.3 is 14.7 Å². The fourth-order valence-corrected chi connectivity index (χ4v) is 4.71. The monoisotopic (exact) mass is 465 g/mol. The highest BCUT2D eigenvalue weighted by Crippen LogP contribution is 2.42. The number of nitrogens with zero attached hydrogens (tertiary/aromatic N) is 4. The van der Waals surface area contributed by atoms with E-state index in [1.54, 1.807) is 24.5 Å². The normalized spacial score (nSPS) is 24.6. The first-order valence-corrected chi connectivity index (χ1v) is 11.2. The van der Waals surface area contributed by atoms with Crippen LogP contribution in [0.25, 0.3) is 11.4 Å². The highest BCUT2D eigenvalue weighted by atomic mass is 19.4. The van der Waals surface area contributed by atoms with Gasteiger partial charge in [0.15, 0.2) is 0 Å². The number of halogens is 3. The quantitative estimate of drug-likeness (QED) is 0.745. The van der Waals surface area contributed by atoms with Crippen molar-refractivity contribution in [2.45, 2.75) is 63.1 Å². The second kappa shape index (κ2) is 9.88. The molecule has 0 radical (unpaired) electrons. The number of aromatic nitrogens is 3. The van der Waals surface area contributed by atoms with Gasteiger partial charge in [0.25, 0.3) is 0 Å². The molecule has 3 atom stereocenters. The van der Waals surface area contributed by atoms with E-state index in [-0.39, 0.29) is 24.8 Å². The van der Waals surface area contributed by atoms with Gasteiger partial charge in [-0.15, -0.1) is 0 Å². The summed E-state index contributed by atoms with van der Waals surface area (Å²) in [6.45, 7) is 0.704. The van der Waals surface area contributed by atoms with E-state index in [4.69, 9.17) is 4.52 Å². The van der Waals surface area contributed by atoms with Gasteiger partial charge in [0, 0.05) is 43.0 Å². The molecule has 3 unspecified atom stereocenters. The number of alkyl halides is 3. The average Bonchev–Trinajstić information content (AvgIpc) is 3.42. The van der Waals surface area contributed by atoms with Crippen LogP contribution in [0.5, 0.6) is 0 Å². The first kappa shape index (κ1) is 23.2. The molecule has 1 saturated heterocycles. The Morgan fingerprint density at radius 3 is 2.79 bits per heavy atom. The summed E-state index contributed by atoms with van der Waals surface area (Å²) in [4.78, 5) is 35.3. The van der Waals surface area contributed by atoms with Crippen molar-refractivity contribution in [2.75, 3.05) is 13.1 Å². The third-order valence-electron chi connectivity index (χ3n) is 6.27. The fraction of sp³-hybridized carbons (Fsp3) is 0.591. The van der Waals surface area contributed by atoms with Crippen molar-refractivity contribution in [3.8, 4) is 11.4 Å². The Balaban J connectivity index is 1.59. The molecule has 33 heavy (non-hydrogen) atoms. The van der Waals surface area contributed by atoms with Crippen LogP contribution in [0.1, 0.15) is 56.8 Å². The summed E-state index contributed by atoms with van der Waals surface area (Å²) in [7, 11) is 0. The van der Waals surface area contributed by atoms with Gasteiger partial charge in [-0.05, 0) is 37.8 Å². The summed E-state index contributed by atoms with van der Waals surface area (Å²) >= 11 is 0. The minimum absolute atomic E-state index is 0.195. The van der Waals surface area contributed by atoms with Crippen molar-refractivity contribution in [1.82, 2.24) is 25.3 Å². The fourth-order valence-electron chi connectivity index (χ4n) is 4.71. The van der Waals surface area contributed by atoms with Crippen molar-refractivity contribution >= 4 is 11.8 Å². The molecular formula is C22H26F3N5O3. The van der Waals surface area contributed by atoms with Crippen LogP contribution in [0.4, 0.5) is 13.2 Å². The van der Waals surface area contributed by atoms with Crippen LogP contribution in [0.2, 0.25) is 0 Å². The Labute approximate surface area is 188 Å². The zero-order valence-corrected chi connectivity index (χ0v) is 18.1. The molecule has 8 nitrogen and oxygen atoms in total. The molecule has 178 valence electrons. The second-order valence-corrected chi connectivity index (χ2v) is 8.62. The van der Waals surface area contributed by atoms with E-state index in [1.165, 1.54) is 4.90 Å². The molecule has 0 spiro atoms. The molecule has 4 rings (SSSR count). The van der Waals surface area contributed by atoms with Gasteiger partial charge in [0.05, 0.1) is 5.92 Å². The molecule has 1 N–H and O–H groups in total. The number of hydrogen-bond acceptors (Lipinski definition) is 6. The van der Waals surface area contributed by atoms with Gasteiger partial charge in [0.2, 0.25) is 23.5 Å². The van der Waals surface area contributed by atoms with E-state index in [2.05, 4.69) is 20.4 Å². The van der Waals surface area contributed by atoms with E-state index in [1.807, 2.05) is 0 Å². The zero-order valence-electron chi connectivity index (χ0n) is 18.1. The highest BCUT2D eigenvalue weighted by Gasteiger charge is 2.47. The lowest BCUT2D eigenvalue weighted by molar-refractivity contribution is -0.163. The van der Waals surface area contributed by atoms with Crippen LogP contribution < -0.4 is 5.32 Å². The average molecular weight is 465 g/mol. The number of hydrogen-bond donors (Lipinski definition) is 1. The van der Waals surface area contributed by atoms with E-state index in [0.717, 1.165) is 19.3 Å². The third-order valence-corrected chi connectivity index (χ3v) is 6.27. The summed E-state index contributed by atoms with van der Waals surface area (Å²) in [6, 6.07) is 2.87. The first-order chi connectivity index (χ1) is 15.8. The van der Waals surface area contributed by atoms with Gasteiger partial charge in [-0.2, -0.15) is 18.2 Å². The van der Waals surface area contributed by atoms with Crippen molar-refractivity contribution < 1.29 is 27.3 Å². The minimum atomic E-state index is -4.61. The lowest BCUT2D eigenvalue weighted by Crippen LogP contribution is -2.48. The molecule has 11 heteroatoms. The van der Waals surface area contributed by atoms with Crippen molar-refractivity contribution in [2.24, 2.45) is 5.92 Å². The third kappa shape index (κ3) is 5.69. The lowest BCUT2D eigenvalue weighted by Gasteiger charge is -2.33. The van der Waals surface area contributed by atoms with Crippen LogP contribution in [-0.2, 0) is 9.59 Å². The maximum atomic E-state index is 13.0. The Kier molecular flexibility index (Phi) is 6.94. The maximum absolute atomic E-state index is 13.0. The lowest BCUT2D eigenvalue weighted by atomic mass is 10.00. The molecule has 1 aliphatic heterocycles. The smallest absolute Gasteiger partial charge is 0.356 e. The topological polar surface area (TPSA) is 101 Å². The summed E-state index contributed by atoms with van der Waals surface area (Å²) in [5.41, 5.74) is 0.667. The van der Waals surface area contributed by atoms with Gasteiger partial charge >= 0.3 is 6.18 Å². The van der Waals surface area contributed by atoms with Gasteiger partial charge in [-0.25, -0.2) is 0 Å². The molecular weight excluding hydrogens is 439 g/mol. The summed E-state index contributed by atoms with van der Waals surface area (Å²) < 4.78 is 44.5. The molecule has 2 aliphatic rings. The molecule has 2 amide bonds. The van der Waals surface area contributed by atoms with Crippen LogP contribution in [0.3, 0.4) is 0 Å². The standard InChI is InChI=1S/C22H26F3N5O3/c23-22(24,25)12-18(31)30-9-4-2-1-3-8-27-20(32)16-10-15(11-17(16)30)21-28-19(29-33-21)14-6-5-7-26-13-14/h5-7,13,15-17H,1-4,8-12H2,(H,27,32). The first-order valence-electron chi connectivity index (χ1n) is 11.2. The van der Waals surface area contributed by atoms with E-state index < -0.39 is 30.5 Å². The largest absolute Gasteiger partial charge is 0.397 e. The second-order valence-electron chi connectivity index (χ2n) is 8.62. The molecule has 2 fully saturated rings. The number of pyridine rings is 1. The van der Waals surface area contributed by atoms with E-state index in [0.29, 0.717) is 36.7 Å². The Bertz CT molecular complexity index is 966. The highest BCUT2D eigenvalue weighted by molar-refractivity contribution is 5.82. The predicted octanol–water partition coefficient (Wildman–Crippen LogP) is 3.47. The molecule has 0 bridgehead atoms. The molecule has 3 heterocycles. The number of rotatable bonds is 3. The SMILES string of the molecule is O=C1NCCCCCCN(C(=O)CC(F)(F)F)C2CC(c3nc(-c4cccnc4)no3)CC12. The van der Waals surface area contributed by atoms with Gasteiger partial charge in [-0.3, -0.25) is 14.6 Å². The Morgan fingerprint density at radius 1 is 1.21 bits per heavy atom. The molecule has 2 aromatic heterocycles. The van der Waals surface area contributed by atoms with Crippen molar-refractivity contribution in [1.29, 1.82) is 0 Å². The van der Waals surface area contributed by atoms with E-state index >= 15 is 0 Å². The van der Waals surface area contributed by atoms with Crippen LogP contribution in [0, 0.1) is 5.92 Å². The Morgan fingerprint density at radius 2 is 2.03 bits per heavy atom. The summed E-state index contributed by atoms with van der Waals surface area (Å²) in [5.74, 6) is -1.56. The maximum Gasteiger partial charge on any atom is 0.397 e. The number of carbonyl (C=O) groups is 2. The summed E-state index contributed by atoms with van der Waals surface area (Å²) in [6.07, 6.45) is 0.701. The van der Waals surface area contributed by atoms with Gasteiger partial charge in [-0.1, -0.05) is 18.0 Å². The minimum Gasteiger partial charge on any atom is -0.356 e. The number of fused-ring (bicyclic) bond motifs is 1. The molecule has 0 aromatic carbocycles. The summed E-state index contributed by atoms with van der Waals surface area (Å²) in [5, 5.41) is 6.88. The van der Waals surface area contributed by atoms with Crippen molar-refractivity contribution in [3.05, 3.63) is 30.4 Å². The number of nitrogens with one attached hydrogen (secondary N) is 1. The van der Waals surface area contributed by atoms with Crippen molar-refractivity contribution in [3.63, 3.8) is 0 Å². The van der Waals surface area contributed by atoms with Crippen LogP contribution in [0.15, 0.2) is 29.0 Å². The zero-order chi connectivity index (χ0) is 23.4. The predicted molar refractivity (Wildman–Crippen MR) is 111 cm³/mol. The van der Waals surface area contributed by atoms with Gasteiger partial charge in [0.1, 0.15) is 6.42 Å². The Hall–Kier alpha value is -2.98. The van der Waals surface area contributed by atoms with E-state index in [9.17, 15) is 22.8 Å². The molecule has 1 saturated carbocycles. The van der Waals surface area contributed by atoms with Crippen LogP contribution >= 0.6 is 0 Å².